The summed E-state index contributed by atoms with van der Waals surface area (Å²) in [6, 6.07) is 9.39. The Bertz CT molecular complexity index is 763. The van der Waals surface area contributed by atoms with E-state index in [0.717, 1.165) is 0 Å². The molecule has 0 aliphatic rings. The number of amides is 1. The van der Waals surface area contributed by atoms with E-state index in [2.05, 4.69) is 0 Å². The number of para-hydroxylation sites is 1. The van der Waals surface area contributed by atoms with Gasteiger partial charge in [-0.25, -0.2) is 0 Å². The Labute approximate surface area is 146 Å². The second kappa shape index (κ2) is 7.32. The molecule has 0 aromatic heterocycles. The maximum absolute atomic E-state index is 12.4. The van der Waals surface area contributed by atoms with E-state index >= 15 is 0 Å². The SMILES string of the molecule is CCc1cc(Oc2ccccc2Cl)c(Cl)cc1NC(=O)C(F)(F)F. The van der Waals surface area contributed by atoms with Crippen LogP contribution in [0.15, 0.2) is 36.4 Å². The van der Waals surface area contributed by atoms with Gasteiger partial charge >= 0.3 is 12.1 Å². The molecule has 8 heteroatoms. The second-order valence-corrected chi connectivity index (χ2v) is 5.59. The molecule has 0 fully saturated rings. The minimum Gasteiger partial charge on any atom is -0.454 e. The molecule has 0 aliphatic carbocycles. The van der Waals surface area contributed by atoms with Gasteiger partial charge in [0.1, 0.15) is 11.5 Å². The van der Waals surface area contributed by atoms with Crippen molar-refractivity contribution in [3.63, 3.8) is 0 Å². The van der Waals surface area contributed by atoms with Gasteiger partial charge in [0.05, 0.1) is 10.0 Å². The van der Waals surface area contributed by atoms with E-state index in [1.165, 1.54) is 12.1 Å². The zero-order chi connectivity index (χ0) is 17.9. The number of nitrogens with one attached hydrogen (secondary N) is 1. The standard InChI is InChI=1S/C16H12Cl2F3NO2/c1-2-9-7-14(24-13-6-4-3-5-10(13)17)11(18)8-12(9)22-15(23)16(19,20)21/h3-8H,2H2,1H3,(H,22,23). The molecule has 2 aromatic carbocycles. The third kappa shape index (κ3) is 4.33. The fraction of sp³-hybridized carbons (Fsp3) is 0.188. The number of alkyl halides is 3. The van der Waals surface area contributed by atoms with E-state index in [4.69, 9.17) is 27.9 Å². The quantitative estimate of drug-likeness (QED) is 0.725. The highest BCUT2D eigenvalue weighted by atomic mass is 35.5. The summed E-state index contributed by atoms with van der Waals surface area (Å²) >= 11 is 12.1. The van der Waals surface area contributed by atoms with Crippen LogP contribution in [0.1, 0.15) is 12.5 Å². The lowest BCUT2D eigenvalue weighted by atomic mass is 10.1. The Morgan fingerprint density at radius 1 is 1.12 bits per heavy atom. The van der Waals surface area contributed by atoms with Crippen molar-refractivity contribution in [2.45, 2.75) is 19.5 Å². The Balaban J connectivity index is 2.33. The molecule has 0 radical (unpaired) electrons. The van der Waals surface area contributed by atoms with E-state index in [1.54, 1.807) is 31.2 Å². The number of aryl methyl sites for hydroxylation is 1. The van der Waals surface area contributed by atoms with E-state index < -0.39 is 12.1 Å². The summed E-state index contributed by atoms with van der Waals surface area (Å²) in [5.74, 6) is -1.48. The highest BCUT2D eigenvalue weighted by Crippen LogP contribution is 2.37. The first-order valence-electron chi connectivity index (χ1n) is 6.85. The molecule has 0 aliphatic heterocycles. The number of benzene rings is 2. The molecular weight excluding hydrogens is 366 g/mol. The second-order valence-electron chi connectivity index (χ2n) is 4.78. The first-order valence-corrected chi connectivity index (χ1v) is 7.61. The fourth-order valence-electron chi connectivity index (χ4n) is 1.92. The summed E-state index contributed by atoms with van der Waals surface area (Å²) in [7, 11) is 0. The van der Waals surface area contributed by atoms with Crippen LogP contribution in [0.5, 0.6) is 11.5 Å². The smallest absolute Gasteiger partial charge is 0.454 e. The lowest BCUT2D eigenvalue weighted by molar-refractivity contribution is -0.167. The van der Waals surface area contributed by atoms with Gasteiger partial charge in [-0.05, 0) is 36.2 Å². The monoisotopic (exact) mass is 377 g/mol. The molecule has 1 N–H and O–H groups in total. The minimum atomic E-state index is -4.98. The third-order valence-corrected chi connectivity index (χ3v) is 3.71. The number of hydrogen-bond acceptors (Lipinski definition) is 2. The normalized spacial score (nSPS) is 11.2. The Hall–Kier alpha value is -1.92. The summed E-state index contributed by atoms with van der Waals surface area (Å²) in [6.07, 6.45) is -4.62. The number of rotatable bonds is 4. The van der Waals surface area contributed by atoms with Crippen molar-refractivity contribution in [3.8, 4) is 11.5 Å². The maximum atomic E-state index is 12.4. The summed E-state index contributed by atoms with van der Waals surface area (Å²) in [4.78, 5) is 11.1. The summed E-state index contributed by atoms with van der Waals surface area (Å²) in [5, 5.41) is 2.22. The van der Waals surface area contributed by atoms with Gasteiger partial charge in [0.25, 0.3) is 0 Å². The number of halogens is 5. The van der Waals surface area contributed by atoms with Crippen molar-refractivity contribution >= 4 is 34.8 Å². The molecular formula is C16H12Cl2F3NO2. The Kier molecular flexibility index (Phi) is 5.62. The van der Waals surface area contributed by atoms with Gasteiger partial charge in [0.15, 0.2) is 0 Å². The van der Waals surface area contributed by atoms with Crippen LogP contribution >= 0.6 is 23.2 Å². The molecule has 0 saturated carbocycles. The number of hydrogen-bond donors (Lipinski definition) is 1. The van der Waals surface area contributed by atoms with Crippen LogP contribution in [0.2, 0.25) is 10.0 Å². The van der Waals surface area contributed by atoms with Gasteiger partial charge in [-0.1, -0.05) is 42.3 Å². The topological polar surface area (TPSA) is 38.3 Å². The molecule has 1 amide bonds. The van der Waals surface area contributed by atoms with Gasteiger partial charge in [-0.2, -0.15) is 13.2 Å². The molecule has 0 heterocycles. The maximum Gasteiger partial charge on any atom is 0.471 e. The molecule has 0 spiro atoms. The number of anilines is 1. The zero-order valence-corrected chi connectivity index (χ0v) is 13.9. The zero-order valence-electron chi connectivity index (χ0n) is 12.4. The van der Waals surface area contributed by atoms with Crippen molar-refractivity contribution in [1.82, 2.24) is 0 Å². The van der Waals surface area contributed by atoms with E-state index in [-0.39, 0.29) is 16.5 Å². The van der Waals surface area contributed by atoms with Crippen LogP contribution < -0.4 is 10.1 Å². The van der Waals surface area contributed by atoms with Gasteiger partial charge in [-0.3, -0.25) is 4.79 Å². The van der Waals surface area contributed by atoms with Crippen molar-refractivity contribution < 1.29 is 22.7 Å². The molecule has 0 bridgehead atoms. The van der Waals surface area contributed by atoms with Gasteiger partial charge in [0, 0.05) is 5.69 Å². The van der Waals surface area contributed by atoms with Crippen LogP contribution in [-0.4, -0.2) is 12.1 Å². The van der Waals surface area contributed by atoms with Gasteiger partial charge < -0.3 is 10.1 Å². The molecule has 2 rings (SSSR count). The Morgan fingerprint density at radius 2 is 1.79 bits per heavy atom. The van der Waals surface area contributed by atoms with E-state index in [9.17, 15) is 18.0 Å². The van der Waals surface area contributed by atoms with Crippen molar-refractivity contribution in [3.05, 3.63) is 52.0 Å². The van der Waals surface area contributed by atoms with Gasteiger partial charge in [-0.15, -0.1) is 0 Å². The molecule has 128 valence electrons. The molecule has 3 nitrogen and oxygen atoms in total. The first kappa shape index (κ1) is 18.4. The van der Waals surface area contributed by atoms with Crippen LogP contribution in [0, 0.1) is 0 Å². The predicted octanol–water partition coefficient (Wildman–Crippen LogP) is 5.85. The third-order valence-electron chi connectivity index (χ3n) is 3.10. The van der Waals surface area contributed by atoms with Crippen LogP contribution in [0.25, 0.3) is 0 Å². The largest absolute Gasteiger partial charge is 0.471 e. The number of carbonyl (C=O) groups is 1. The van der Waals surface area contributed by atoms with E-state index in [1.807, 2.05) is 5.32 Å². The minimum absolute atomic E-state index is 0.0173. The molecule has 0 saturated heterocycles. The average molecular weight is 378 g/mol. The first-order chi connectivity index (χ1) is 11.2. The number of ether oxygens (including phenoxy) is 1. The van der Waals surface area contributed by atoms with Crippen molar-refractivity contribution in [2.75, 3.05) is 5.32 Å². The van der Waals surface area contributed by atoms with E-state index in [0.29, 0.717) is 22.8 Å². The highest BCUT2D eigenvalue weighted by molar-refractivity contribution is 6.33. The Morgan fingerprint density at radius 3 is 2.38 bits per heavy atom. The summed E-state index contributed by atoms with van der Waals surface area (Å²) < 4.78 is 42.8. The van der Waals surface area contributed by atoms with Crippen LogP contribution in [0.3, 0.4) is 0 Å². The van der Waals surface area contributed by atoms with Crippen LogP contribution in [-0.2, 0) is 11.2 Å². The summed E-state index contributed by atoms with van der Waals surface area (Å²) in [5.41, 5.74) is 0.426. The number of carbonyl (C=O) groups excluding carboxylic acids is 1. The lowest BCUT2D eigenvalue weighted by Crippen LogP contribution is -2.30. The molecule has 0 atom stereocenters. The molecule has 2 aromatic rings. The highest BCUT2D eigenvalue weighted by Gasteiger charge is 2.39. The summed E-state index contributed by atoms with van der Waals surface area (Å²) in [6.45, 7) is 1.73. The van der Waals surface area contributed by atoms with Crippen molar-refractivity contribution in [1.29, 1.82) is 0 Å². The molecule has 24 heavy (non-hydrogen) atoms. The molecule has 0 unspecified atom stereocenters. The predicted molar refractivity (Wildman–Crippen MR) is 87.0 cm³/mol. The fourth-order valence-corrected chi connectivity index (χ4v) is 2.30. The van der Waals surface area contributed by atoms with Gasteiger partial charge in [0.2, 0.25) is 0 Å². The average Bonchev–Trinajstić information content (AvgIpc) is 2.51. The van der Waals surface area contributed by atoms with Crippen LogP contribution in [0.4, 0.5) is 18.9 Å². The van der Waals surface area contributed by atoms with Crippen molar-refractivity contribution in [2.24, 2.45) is 0 Å². The lowest BCUT2D eigenvalue weighted by Gasteiger charge is -2.15.